The van der Waals surface area contributed by atoms with Crippen molar-refractivity contribution in [2.75, 3.05) is 34.3 Å². The van der Waals surface area contributed by atoms with Crippen molar-refractivity contribution in [3.63, 3.8) is 0 Å². The molecule has 0 radical (unpaired) electrons. The summed E-state index contributed by atoms with van der Waals surface area (Å²) in [6.45, 7) is 2.47. The van der Waals surface area contributed by atoms with Gasteiger partial charge in [0.15, 0.2) is 0 Å². The van der Waals surface area contributed by atoms with E-state index in [9.17, 15) is 9.90 Å². The molecule has 106 valence electrons. The zero-order valence-corrected chi connectivity index (χ0v) is 11.9. The summed E-state index contributed by atoms with van der Waals surface area (Å²) in [6, 6.07) is 5.65. The Balaban J connectivity index is 2.60. The minimum atomic E-state index is -0.704. The summed E-state index contributed by atoms with van der Waals surface area (Å²) >= 11 is 0. The van der Waals surface area contributed by atoms with Gasteiger partial charge < -0.3 is 20.1 Å². The fourth-order valence-electron chi connectivity index (χ4n) is 1.70. The lowest BCUT2D eigenvalue weighted by Gasteiger charge is -2.17. The van der Waals surface area contributed by atoms with E-state index in [1.165, 1.54) is 4.90 Å². The quantitative estimate of drug-likeness (QED) is 0.796. The van der Waals surface area contributed by atoms with Gasteiger partial charge in [-0.05, 0) is 19.1 Å². The van der Waals surface area contributed by atoms with Crippen LogP contribution in [0.25, 0.3) is 0 Å². The molecule has 0 aliphatic carbocycles. The molecule has 1 amide bonds. The molecule has 1 atom stereocenters. The summed E-state index contributed by atoms with van der Waals surface area (Å²) in [4.78, 5) is 12.9. The number of carbonyl (C=O) groups is 1. The van der Waals surface area contributed by atoms with Gasteiger partial charge in [0.25, 0.3) is 0 Å². The smallest absolute Gasteiger partial charge is 0.236 e. The van der Waals surface area contributed by atoms with Gasteiger partial charge in [-0.1, -0.05) is 11.6 Å². The number of carbonyl (C=O) groups excluding carboxylic acids is 1. The van der Waals surface area contributed by atoms with Crippen molar-refractivity contribution >= 4 is 5.91 Å². The molecule has 0 saturated heterocycles. The lowest BCUT2D eigenvalue weighted by atomic mass is 10.1. The highest BCUT2D eigenvalue weighted by atomic mass is 16.5. The van der Waals surface area contributed by atoms with Crippen LogP contribution in [0.4, 0.5) is 0 Å². The Bertz CT molecular complexity index is 433. The zero-order chi connectivity index (χ0) is 14.4. The van der Waals surface area contributed by atoms with Crippen LogP contribution in [0, 0.1) is 6.92 Å². The first-order valence-electron chi connectivity index (χ1n) is 6.19. The van der Waals surface area contributed by atoms with Crippen molar-refractivity contribution in [3.05, 3.63) is 29.3 Å². The average molecular weight is 266 g/mol. The van der Waals surface area contributed by atoms with Gasteiger partial charge >= 0.3 is 0 Å². The van der Waals surface area contributed by atoms with Crippen molar-refractivity contribution in [1.29, 1.82) is 0 Å². The van der Waals surface area contributed by atoms with Crippen molar-refractivity contribution in [2.45, 2.75) is 13.0 Å². The minimum absolute atomic E-state index is 0.0246. The van der Waals surface area contributed by atoms with E-state index >= 15 is 0 Å². The van der Waals surface area contributed by atoms with Crippen molar-refractivity contribution in [1.82, 2.24) is 10.2 Å². The molecule has 5 heteroatoms. The van der Waals surface area contributed by atoms with E-state index < -0.39 is 6.10 Å². The zero-order valence-electron chi connectivity index (χ0n) is 11.9. The summed E-state index contributed by atoms with van der Waals surface area (Å²) in [5, 5.41) is 13.1. The predicted octanol–water partition coefficient (Wildman–Crippen LogP) is 0.715. The molecule has 0 fully saturated rings. The topological polar surface area (TPSA) is 61.8 Å². The number of hydrogen-bond acceptors (Lipinski definition) is 4. The maximum Gasteiger partial charge on any atom is 0.236 e. The number of aliphatic hydroxyl groups excluding tert-OH is 1. The molecule has 0 bridgehead atoms. The Morgan fingerprint density at radius 1 is 1.47 bits per heavy atom. The molecule has 0 aromatic heterocycles. The normalized spacial score (nSPS) is 12.1. The van der Waals surface area contributed by atoms with E-state index in [4.69, 9.17) is 4.74 Å². The second kappa shape index (κ2) is 7.11. The van der Waals surface area contributed by atoms with E-state index in [1.807, 2.05) is 25.1 Å². The van der Waals surface area contributed by atoms with Gasteiger partial charge in [0.2, 0.25) is 5.91 Å². The number of ether oxygens (including phenoxy) is 1. The molecule has 0 spiro atoms. The maximum atomic E-state index is 11.4. The molecule has 0 heterocycles. The lowest BCUT2D eigenvalue weighted by Crippen LogP contribution is -2.34. The van der Waals surface area contributed by atoms with Gasteiger partial charge in [0, 0.05) is 26.2 Å². The molecule has 0 saturated carbocycles. The second-order valence-corrected chi connectivity index (χ2v) is 4.68. The summed E-state index contributed by atoms with van der Waals surface area (Å²) in [7, 11) is 4.97. The molecule has 1 rings (SSSR count). The Kier molecular flexibility index (Phi) is 5.79. The number of nitrogens with zero attached hydrogens (tertiary/aromatic N) is 1. The molecule has 1 aromatic carbocycles. The van der Waals surface area contributed by atoms with Crippen LogP contribution in [0.5, 0.6) is 5.75 Å². The third-order valence-corrected chi connectivity index (χ3v) is 2.86. The second-order valence-electron chi connectivity index (χ2n) is 4.68. The van der Waals surface area contributed by atoms with Gasteiger partial charge in [-0.3, -0.25) is 4.79 Å². The maximum absolute atomic E-state index is 11.4. The number of hydrogen-bond donors (Lipinski definition) is 2. The third-order valence-electron chi connectivity index (χ3n) is 2.86. The summed E-state index contributed by atoms with van der Waals surface area (Å²) in [5.74, 6) is 0.627. The molecule has 5 nitrogen and oxygen atoms in total. The molecule has 19 heavy (non-hydrogen) atoms. The number of nitrogens with one attached hydrogen (secondary N) is 1. The third kappa shape index (κ3) is 4.54. The first-order chi connectivity index (χ1) is 8.95. The van der Waals surface area contributed by atoms with Crippen LogP contribution in [0.15, 0.2) is 18.2 Å². The highest BCUT2D eigenvalue weighted by Crippen LogP contribution is 2.25. The average Bonchev–Trinajstić information content (AvgIpc) is 2.38. The Hall–Kier alpha value is -1.59. The molecule has 1 unspecified atom stereocenters. The van der Waals surface area contributed by atoms with Gasteiger partial charge in [0.05, 0.1) is 19.8 Å². The summed E-state index contributed by atoms with van der Waals surface area (Å²) < 4.78 is 5.22. The molecule has 0 aliphatic rings. The molecular weight excluding hydrogens is 244 g/mol. The van der Waals surface area contributed by atoms with Crippen LogP contribution < -0.4 is 10.1 Å². The van der Waals surface area contributed by atoms with Gasteiger partial charge in [-0.15, -0.1) is 0 Å². The molecule has 2 N–H and O–H groups in total. The van der Waals surface area contributed by atoms with Crippen LogP contribution in [0.3, 0.4) is 0 Å². The SMILES string of the molecule is COc1ccc(C)cc1C(O)CNCC(=O)N(C)C. The van der Waals surface area contributed by atoms with Crippen LogP contribution in [0.1, 0.15) is 17.2 Å². The van der Waals surface area contributed by atoms with Crippen LogP contribution in [-0.4, -0.2) is 50.2 Å². The monoisotopic (exact) mass is 266 g/mol. The van der Waals surface area contributed by atoms with Crippen LogP contribution >= 0.6 is 0 Å². The van der Waals surface area contributed by atoms with E-state index in [1.54, 1.807) is 21.2 Å². The van der Waals surface area contributed by atoms with Crippen molar-refractivity contribution in [3.8, 4) is 5.75 Å². The Morgan fingerprint density at radius 3 is 2.74 bits per heavy atom. The minimum Gasteiger partial charge on any atom is -0.496 e. The number of likely N-dealkylation sites (N-methyl/N-ethyl adjacent to an activating group) is 1. The Morgan fingerprint density at radius 2 is 2.16 bits per heavy atom. The van der Waals surface area contributed by atoms with Crippen molar-refractivity contribution < 1.29 is 14.6 Å². The number of aliphatic hydroxyl groups is 1. The number of amides is 1. The fraction of sp³-hybridized carbons (Fsp3) is 0.500. The van der Waals surface area contributed by atoms with E-state index in [-0.39, 0.29) is 12.5 Å². The fourth-order valence-corrected chi connectivity index (χ4v) is 1.70. The highest BCUT2D eigenvalue weighted by molar-refractivity contribution is 5.77. The van der Waals surface area contributed by atoms with E-state index in [0.29, 0.717) is 12.3 Å². The van der Waals surface area contributed by atoms with Crippen LogP contribution in [0.2, 0.25) is 0 Å². The molecule has 0 aliphatic heterocycles. The first kappa shape index (κ1) is 15.5. The predicted molar refractivity (Wildman–Crippen MR) is 74.3 cm³/mol. The van der Waals surface area contributed by atoms with Gasteiger partial charge in [-0.2, -0.15) is 0 Å². The van der Waals surface area contributed by atoms with Crippen LogP contribution in [-0.2, 0) is 4.79 Å². The number of methoxy groups -OCH3 is 1. The summed E-state index contributed by atoms with van der Waals surface area (Å²) in [6.07, 6.45) is -0.704. The Labute approximate surface area is 114 Å². The highest BCUT2D eigenvalue weighted by Gasteiger charge is 2.14. The largest absolute Gasteiger partial charge is 0.496 e. The lowest BCUT2D eigenvalue weighted by molar-refractivity contribution is -0.127. The number of aryl methyl sites for hydroxylation is 1. The standard InChI is InChI=1S/C14H22N2O3/c1-10-5-6-13(19-4)11(7-10)12(17)8-15-9-14(18)16(2)3/h5-7,12,15,17H,8-9H2,1-4H3. The molecule has 1 aromatic rings. The van der Waals surface area contributed by atoms with E-state index in [0.717, 1.165) is 11.1 Å². The first-order valence-corrected chi connectivity index (χ1v) is 6.19. The van der Waals surface area contributed by atoms with Gasteiger partial charge in [-0.25, -0.2) is 0 Å². The van der Waals surface area contributed by atoms with Crippen molar-refractivity contribution in [2.24, 2.45) is 0 Å². The number of rotatable bonds is 6. The summed E-state index contributed by atoms with van der Waals surface area (Å²) in [5.41, 5.74) is 1.78. The number of benzene rings is 1. The molecular formula is C14H22N2O3. The van der Waals surface area contributed by atoms with E-state index in [2.05, 4.69) is 5.32 Å². The van der Waals surface area contributed by atoms with Gasteiger partial charge in [0.1, 0.15) is 5.75 Å².